The molecule has 0 fully saturated rings. The second-order valence-corrected chi connectivity index (χ2v) is 4.63. The van der Waals surface area contributed by atoms with Crippen LogP contribution in [-0.2, 0) is 6.54 Å². The Bertz CT molecular complexity index is 838. The van der Waals surface area contributed by atoms with Crippen LogP contribution in [0.15, 0.2) is 63.8 Å². The maximum absolute atomic E-state index is 11.9. The van der Waals surface area contributed by atoms with Gasteiger partial charge in [-0.25, -0.2) is 4.79 Å². The van der Waals surface area contributed by atoms with E-state index in [1.165, 1.54) is 0 Å². The van der Waals surface area contributed by atoms with Crippen molar-refractivity contribution in [2.75, 3.05) is 5.32 Å². The lowest BCUT2D eigenvalue weighted by molar-refractivity contribution is 0.112. The molecule has 0 atom stereocenters. The molecule has 0 radical (unpaired) electrons. The Morgan fingerprint density at radius 2 is 1.71 bits per heavy atom. The molecule has 4 heteroatoms. The third-order valence-electron chi connectivity index (χ3n) is 3.28. The predicted octanol–water partition coefficient (Wildman–Crippen LogP) is 3.22. The number of rotatable bonds is 4. The van der Waals surface area contributed by atoms with Crippen molar-refractivity contribution >= 4 is 22.9 Å². The summed E-state index contributed by atoms with van der Waals surface area (Å²) in [5, 5.41) is 3.89. The van der Waals surface area contributed by atoms with Crippen LogP contribution < -0.4 is 10.9 Å². The Balaban J connectivity index is 2.07. The number of anilines is 1. The Morgan fingerprint density at radius 1 is 1.00 bits per heavy atom. The van der Waals surface area contributed by atoms with Crippen molar-refractivity contribution in [3.05, 3.63) is 76.1 Å². The first-order valence-corrected chi connectivity index (χ1v) is 6.58. The van der Waals surface area contributed by atoms with Crippen molar-refractivity contribution in [1.82, 2.24) is 0 Å². The Morgan fingerprint density at radius 3 is 2.48 bits per heavy atom. The summed E-state index contributed by atoms with van der Waals surface area (Å²) < 4.78 is 5.15. The maximum atomic E-state index is 11.9. The second kappa shape index (κ2) is 5.63. The number of carbonyl (C=O) groups is 1. The maximum Gasteiger partial charge on any atom is 0.349 e. The molecular formula is C17H13NO3. The summed E-state index contributed by atoms with van der Waals surface area (Å²) in [4.78, 5) is 23.1. The van der Waals surface area contributed by atoms with Crippen molar-refractivity contribution in [3.8, 4) is 0 Å². The van der Waals surface area contributed by atoms with Gasteiger partial charge in [0.1, 0.15) is 11.1 Å². The number of para-hydroxylation sites is 1. The highest BCUT2D eigenvalue weighted by molar-refractivity contribution is 5.98. The van der Waals surface area contributed by atoms with E-state index < -0.39 is 5.63 Å². The standard InChI is InChI=1S/C17H13NO3/c19-11-14-16(18-10-12-6-2-1-3-7-12)13-8-4-5-9-15(13)21-17(14)20/h1-9,11,18H,10H2. The van der Waals surface area contributed by atoms with Crippen molar-refractivity contribution in [2.24, 2.45) is 0 Å². The van der Waals surface area contributed by atoms with Gasteiger partial charge < -0.3 is 9.73 Å². The smallest absolute Gasteiger partial charge is 0.349 e. The van der Waals surface area contributed by atoms with Crippen LogP contribution in [0.4, 0.5) is 5.69 Å². The number of carbonyl (C=O) groups excluding carboxylic acids is 1. The molecule has 1 heterocycles. The van der Waals surface area contributed by atoms with Crippen molar-refractivity contribution in [1.29, 1.82) is 0 Å². The highest BCUT2D eigenvalue weighted by atomic mass is 16.4. The second-order valence-electron chi connectivity index (χ2n) is 4.63. The molecule has 3 aromatic rings. The molecule has 1 N–H and O–H groups in total. The average Bonchev–Trinajstić information content (AvgIpc) is 2.53. The summed E-state index contributed by atoms with van der Waals surface area (Å²) in [5.74, 6) is 0. The zero-order valence-electron chi connectivity index (χ0n) is 11.2. The summed E-state index contributed by atoms with van der Waals surface area (Å²) in [7, 11) is 0. The topological polar surface area (TPSA) is 59.3 Å². The first kappa shape index (κ1) is 13.1. The molecule has 104 valence electrons. The van der Waals surface area contributed by atoms with Gasteiger partial charge in [-0.2, -0.15) is 0 Å². The number of fused-ring (bicyclic) bond motifs is 1. The molecule has 21 heavy (non-hydrogen) atoms. The minimum Gasteiger partial charge on any atom is -0.422 e. The molecule has 0 aliphatic heterocycles. The van der Waals surface area contributed by atoms with Gasteiger partial charge in [0.25, 0.3) is 0 Å². The fraction of sp³-hybridized carbons (Fsp3) is 0.0588. The quantitative estimate of drug-likeness (QED) is 0.588. The van der Waals surface area contributed by atoms with E-state index in [4.69, 9.17) is 4.42 Å². The lowest BCUT2D eigenvalue weighted by Gasteiger charge is -2.11. The van der Waals surface area contributed by atoms with Crippen LogP contribution in [-0.4, -0.2) is 6.29 Å². The molecule has 1 aromatic heterocycles. The molecule has 0 saturated carbocycles. The van der Waals surface area contributed by atoms with Crippen LogP contribution in [0.2, 0.25) is 0 Å². The van der Waals surface area contributed by atoms with E-state index in [0.717, 1.165) is 10.9 Å². The van der Waals surface area contributed by atoms with E-state index in [0.29, 0.717) is 24.1 Å². The molecular weight excluding hydrogens is 266 g/mol. The minimum absolute atomic E-state index is 0.0182. The Labute approximate surface area is 121 Å². The van der Waals surface area contributed by atoms with Gasteiger partial charge in [0.15, 0.2) is 6.29 Å². The van der Waals surface area contributed by atoms with Crippen LogP contribution in [0.5, 0.6) is 0 Å². The summed E-state index contributed by atoms with van der Waals surface area (Å²) in [5.41, 5.74) is 1.43. The van der Waals surface area contributed by atoms with E-state index in [9.17, 15) is 9.59 Å². The molecule has 3 rings (SSSR count). The van der Waals surface area contributed by atoms with Gasteiger partial charge in [0.2, 0.25) is 0 Å². The average molecular weight is 279 g/mol. The number of hydrogen-bond donors (Lipinski definition) is 1. The highest BCUT2D eigenvalue weighted by Gasteiger charge is 2.13. The third-order valence-corrected chi connectivity index (χ3v) is 3.28. The zero-order valence-corrected chi connectivity index (χ0v) is 11.2. The SMILES string of the molecule is O=Cc1c(NCc2ccccc2)c2ccccc2oc1=O. The van der Waals surface area contributed by atoms with Crippen molar-refractivity contribution in [3.63, 3.8) is 0 Å². The number of hydrogen-bond acceptors (Lipinski definition) is 4. The molecule has 0 saturated heterocycles. The van der Waals surface area contributed by atoms with Crippen molar-refractivity contribution < 1.29 is 9.21 Å². The Kier molecular flexibility index (Phi) is 3.51. The van der Waals surface area contributed by atoms with Crippen LogP contribution in [0, 0.1) is 0 Å². The van der Waals surface area contributed by atoms with Crippen LogP contribution >= 0.6 is 0 Å². The Hall–Kier alpha value is -2.88. The zero-order chi connectivity index (χ0) is 14.7. The minimum atomic E-state index is -0.626. The molecule has 0 aliphatic carbocycles. The van der Waals surface area contributed by atoms with Gasteiger partial charge in [-0.15, -0.1) is 0 Å². The van der Waals surface area contributed by atoms with Crippen LogP contribution in [0.3, 0.4) is 0 Å². The largest absolute Gasteiger partial charge is 0.422 e. The summed E-state index contributed by atoms with van der Waals surface area (Å²) in [6, 6.07) is 16.9. The fourth-order valence-corrected chi connectivity index (χ4v) is 2.25. The van der Waals surface area contributed by atoms with Gasteiger partial charge in [-0.05, 0) is 17.7 Å². The first-order valence-electron chi connectivity index (χ1n) is 6.58. The molecule has 0 spiro atoms. The first-order chi connectivity index (χ1) is 10.3. The summed E-state index contributed by atoms with van der Waals surface area (Å²) in [6.07, 6.45) is 0.533. The molecule has 0 amide bonds. The van der Waals surface area contributed by atoms with Crippen LogP contribution in [0.25, 0.3) is 11.0 Å². The monoisotopic (exact) mass is 279 g/mol. The van der Waals surface area contributed by atoms with Gasteiger partial charge in [0.05, 0.1) is 5.69 Å². The molecule has 2 aromatic carbocycles. The third kappa shape index (κ3) is 2.56. The summed E-state index contributed by atoms with van der Waals surface area (Å²) in [6.45, 7) is 0.523. The summed E-state index contributed by atoms with van der Waals surface area (Å²) >= 11 is 0. The lowest BCUT2D eigenvalue weighted by atomic mass is 10.1. The van der Waals surface area contributed by atoms with Gasteiger partial charge in [0, 0.05) is 11.9 Å². The number of aldehydes is 1. The number of nitrogens with one attached hydrogen (secondary N) is 1. The van der Waals surface area contributed by atoms with E-state index in [1.807, 2.05) is 42.5 Å². The molecule has 0 aliphatic rings. The molecule has 0 bridgehead atoms. The van der Waals surface area contributed by atoms with E-state index in [1.54, 1.807) is 12.1 Å². The van der Waals surface area contributed by atoms with E-state index >= 15 is 0 Å². The molecule has 0 unspecified atom stereocenters. The van der Waals surface area contributed by atoms with Crippen LogP contribution in [0.1, 0.15) is 15.9 Å². The van der Waals surface area contributed by atoms with Gasteiger partial charge in [-0.1, -0.05) is 42.5 Å². The fourth-order valence-electron chi connectivity index (χ4n) is 2.25. The normalized spacial score (nSPS) is 10.5. The van der Waals surface area contributed by atoms with Crippen molar-refractivity contribution in [2.45, 2.75) is 6.54 Å². The highest BCUT2D eigenvalue weighted by Crippen LogP contribution is 2.24. The van der Waals surface area contributed by atoms with E-state index in [-0.39, 0.29) is 5.56 Å². The predicted molar refractivity (Wildman–Crippen MR) is 81.6 cm³/mol. The lowest BCUT2D eigenvalue weighted by Crippen LogP contribution is -2.12. The number of benzene rings is 2. The van der Waals surface area contributed by atoms with Gasteiger partial charge in [-0.3, -0.25) is 4.79 Å². The van der Waals surface area contributed by atoms with Gasteiger partial charge >= 0.3 is 5.63 Å². The van der Waals surface area contributed by atoms with E-state index in [2.05, 4.69) is 5.32 Å². The molecule has 4 nitrogen and oxygen atoms in total.